The molecule has 0 unspecified atom stereocenters. The highest BCUT2D eigenvalue weighted by Gasteiger charge is 2.11. The van der Waals surface area contributed by atoms with Crippen molar-refractivity contribution in [2.24, 2.45) is 0 Å². The first kappa shape index (κ1) is 15.9. The lowest BCUT2D eigenvalue weighted by Gasteiger charge is -2.02. The smallest absolute Gasteiger partial charge is 0.287 e. The minimum atomic E-state index is -0.285. The molecule has 0 saturated carbocycles. The zero-order valence-corrected chi connectivity index (χ0v) is 13.9. The van der Waals surface area contributed by atoms with Crippen LogP contribution in [0.15, 0.2) is 88.0 Å². The SMILES string of the molecule is O=C(NCc1cc(-c2ccc(-c3ccccc3)cc2)on1)c1ccco1. The van der Waals surface area contributed by atoms with Gasteiger partial charge in [-0.1, -0.05) is 59.8 Å². The largest absolute Gasteiger partial charge is 0.459 e. The van der Waals surface area contributed by atoms with Gasteiger partial charge in [0.25, 0.3) is 5.91 Å². The maximum absolute atomic E-state index is 11.9. The Morgan fingerprint density at radius 3 is 2.35 bits per heavy atom. The highest BCUT2D eigenvalue weighted by atomic mass is 16.5. The summed E-state index contributed by atoms with van der Waals surface area (Å²) < 4.78 is 10.4. The third-order valence-electron chi connectivity index (χ3n) is 4.01. The summed E-state index contributed by atoms with van der Waals surface area (Å²) in [5.74, 6) is 0.642. The highest BCUT2D eigenvalue weighted by molar-refractivity contribution is 5.91. The highest BCUT2D eigenvalue weighted by Crippen LogP contribution is 2.25. The number of carbonyl (C=O) groups is 1. The second-order valence-corrected chi connectivity index (χ2v) is 5.79. The Morgan fingerprint density at radius 1 is 0.885 bits per heavy atom. The maximum Gasteiger partial charge on any atom is 0.287 e. The fraction of sp³-hybridized carbons (Fsp3) is 0.0476. The molecule has 0 spiro atoms. The van der Waals surface area contributed by atoms with E-state index in [2.05, 4.69) is 22.6 Å². The van der Waals surface area contributed by atoms with Crippen molar-refractivity contribution in [2.45, 2.75) is 6.54 Å². The average molecular weight is 344 g/mol. The average Bonchev–Trinajstić information content (AvgIpc) is 3.39. The first-order valence-electron chi connectivity index (χ1n) is 8.23. The third kappa shape index (κ3) is 3.42. The van der Waals surface area contributed by atoms with Crippen LogP contribution in [0.5, 0.6) is 0 Å². The molecule has 0 aliphatic rings. The van der Waals surface area contributed by atoms with Gasteiger partial charge in [0.15, 0.2) is 11.5 Å². The molecule has 0 fully saturated rings. The molecule has 2 heterocycles. The second-order valence-electron chi connectivity index (χ2n) is 5.79. The molecule has 2 aromatic carbocycles. The van der Waals surface area contributed by atoms with Gasteiger partial charge in [-0.15, -0.1) is 0 Å². The van der Waals surface area contributed by atoms with E-state index in [-0.39, 0.29) is 18.2 Å². The van der Waals surface area contributed by atoms with Crippen molar-refractivity contribution in [3.8, 4) is 22.5 Å². The topological polar surface area (TPSA) is 68.3 Å². The summed E-state index contributed by atoms with van der Waals surface area (Å²) in [6.07, 6.45) is 1.46. The zero-order valence-electron chi connectivity index (χ0n) is 13.9. The number of aromatic nitrogens is 1. The number of amides is 1. The summed E-state index contributed by atoms with van der Waals surface area (Å²) in [6, 6.07) is 23.4. The van der Waals surface area contributed by atoms with Crippen LogP contribution < -0.4 is 5.32 Å². The minimum Gasteiger partial charge on any atom is -0.459 e. The van der Waals surface area contributed by atoms with E-state index in [0.29, 0.717) is 11.5 Å². The van der Waals surface area contributed by atoms with Gasteiger partial charge in [0.1, 0.15) is 5.69 Å². The van der Waals surface area contributed by atoms with Crippen molar-refractivity contribution in [2.75, 3.05) is 0 Å². The molecule has 128 valence electrons. The Balaban J connectivity index is 1.43. The van der Waals surface area contributed by atoms with E-state index < -0.39 is 0 Å². The lowest BCUT2D eigenvalue weighted by molar-refractivity contribution is 0.0922. The van der Waals surface area contributed by atoms with Gasteiger partial charge in [-0.2, -0.15) is 0 Å². The van der Waals surface area contributed by atoms with Crippen LogP contribution in [0.1, 0.15) is 16.2 Å². The normalized spacial score (nSPS) is 10.6. The van der Waals surface area contributed by atoms with Crippen molar-refractivity contribution < 1.29 is 13.7 Å². The number of benzene rings is 2. The quantitative estimate of drug-likeness (QED) is 0.577. The van der Waals surface area contributed by atoms with E-state index in [1.54, 1.807) is 12.1 Å². The fourth-order valence-electron chi connectivity index (χ4n) is 2.65. The standard InChI is InChI=1S/C21H16N2O3/c24-21(19-7-4-12-25-19)22-14-18-13-20(26-23-18)17-10-8-16(9-11-17)15-5-2-1-3-6-15/h1-13H,14H2,(H,22,24). The molecule has 1 N–H and O–H groups in total. The van der Waals surface area contributed by atoms with Crippen molar-refractivity contribution >= 4 is 5.91 Å². The minimum absolute atomic E-state index is 0.269. The van der Waals surface area contributed by atoms with Crippen LogP contribution in [0.3, 0.4) is 0 Å². The van der Waals surface area contributed by atoms with Gasteiger partial charge < -0.3 is 14.3 Å². The van der Waals surface area contributed by atoms with E-state index in [9.17, 15) is 4.79 Å². The zero-order chi connectivity index (χ0) is 17.8. The molecule has 0 radical (unpaired) electrons. The fourth-order valence-corrected chi connectivity index (χ4v) is 2.65. The van der Waals surface area contributed by atoms with Crippen LogP contribution in [0.4, 0.5) is 0 Å². The van der Waals surface area contributed by atoms with E-state index in [1.807, 2.05) is 48.5 Å². The Hall–Kier alpha value is -3.60. The van der Waals surface area contributed by atoms with Crippen molar-refractivity contribution in [3.63, 3.8) is 0 Å². The molecular weight excluding hydrogens is 328 g/mol. The number of hydrogen-bond donors (Lipinski definition) is 1. The number of rotatable bonds is 5. The summed E-state index contributed by atoms with van der Waals surface area (Å²) in [7, 11) is 0. The maximum atomic E-state index is 11.9. The van der Waals surface area contributed by atoms with E-state index in [0.717, 1.165) is 16.7 Å². The molecule has 26 heavy (non-hydrogen) atoms. The number of nitrogens with one attached hydrogen (secondary N) is 1. The van der Waals surface area contributed by atoms with Crippen LogP contribution >= 0.6 is 0 Å². The first-order valence-corrected chi connectivity index (χ1v) is 8.23. The van der Waals surface area contributed by atoms with Crippen molar-refractivity contribution in [3.05, 3.63) is 90.5 Å². The van der Waals surface area contributed by atoms with Crippen molar-refractivity contribution in [1.29, 1.82) is 0 Å². The van der Waals surface area contributed by atoms with E-state index >= 15 is 0 Å². The van der Waals surface area contributed by atoms with E-state index in [1.165, 1.54) is 6.26 Å². The van der Waals surface area contributed by atoms with Gasteiger partial charge in [-0.05, 0) is 23.3 Å². The predicted octanol–water partition coefficient (Wildman–Crippen LogP) is 4.53. The Morgan fingerprint density at radius 2 is 1.62 bits per heavy atom. The van der Waals surface area contributed by atoms with Gasteiger partial charge in [0, 0.05) is 11.6 Å². The van der Waals surface area contributed by atoms with Gasteiger partial charge in [-0.3, -0.25) is 4.79 Å². The van der Waals surface area contributed by atoms with Gasteiger partial charge in [0.2, 0.25) is 0 Å². The van der Waals surface area contributed by atoms with Crippen LogP contribution in [-0.2, 0) is 6.54 Å². The van der Waals surface area contributed by atoms with Gasteiger partial charge in [-0.25, -0.2) is 0 Å². The third-order valence-corrected chi connectivity index (χ3v) is 4.01. The van der Waals surface area contributed by atoms with Crippen LogP contribution in [0, 0.1) is 0 Å². The molecule has 0 aliphatic carbocycles. The lowest BCUT2D eigenvalue weighted by atomic mass is 10.0. The molecule has 4 aromatic rings. The molecule has 5 nitrogen and oxygen atoms in total. The first-order chi connectivity index (χ1) is 12.8. The number of furan rings is 1. The van der Waals surface area contributed by atoms with E-state index in [4.69, 9.17) is 8.94 Å². The summed E-state index contributed by atoms with van der Waals surface area (Å²) >= 11 is 0. The molecular formula is C21H16N2O3. The van der Waals surface area contributed by atoms with Crippen molar-refractivity contribution in [1.82, 2.24) is 10.5 Å². The Kier molecular flexibility index (Phi) is 4.35. The monoisotopic (exact) mass is 344 g/mol. The number of nitrogens with zero attached hydrogens (tertiary/aromatic N) is 1. The molecule has 4 rings (SSSR count). The Labute approximate surface area is 150 Å². The van der Waals surface area contributed by atoms with Crippen LogP contribution in [0.2, 0.25) is 0 Å². The van der Waals surface area contributed by atoms with Crippen LogP contribution in [-0.4, -0.2) is 11.1 Å². The number of carbonyl (C=O) groups excluding carboxylic acids is 1. The molecule has 5 heteroatoms. The predicted molar refractivity (Wildman–Crippen MR) is 97.3 cm³/mol. The van der Waals surface area contributed by atoms with Gasteiger partial charge in [0.05, 0.1) is 12.8 Å². The Bertz CT molecular complexity index is 987. The lowest BCUT2D eigenvalue weighted by Crippen LogP contribution is -2.22. The van der Waals surface area contributed by atoms with Crippen LogP contribution in [0.25, 0.3) is 22.5 Å². The number of hydrogen-bond acceptors (Lipinski definition) is 4. The molecule has 0 aliphatic heterocycles. The molecule has 0 saturated heterocycles. The summed E-state index contributed by atoms with van der Waals surface area (Å²) in [4.78, 5) is 11.9. The molecule has 1 amide bonds. The molecule has 0 atom stereocenters. The summed E-state index contributed by atoms with van der Waals surface area (Å²) in [5.41, 5.74) is 3.88. The second kappa shape index (κ2) is 7.11. The summed E-state index contributed by atoms with van der Waals surface area (Å²) in [5, 5.41) is 6.75. The molecule has 2 aromatic heterocycles. The molecule has 0 bridgehead atoms. The van der Waals surface area contributed by atoms with Gasteiger partial charge >= 0.3 is 0 Å². The summed E-state index contributed by atoms with van der Waals surface area (Å²) in [6.45, 7) is 0.269.